The first-order valence-electron chi connectivity index (χ1n) is 8.66. The van der Waals surface area contributed by atoms with Crippen molar-refractivity contribution in [2.45, 2.75) is 18.7 Å². The number of anilines is 2. The van der Waals surface area contributed by atoms with E-state index in [4.69, 9.17) is 4.74 Å². The highest BCUT2D eigenvalue weighted by molar-refractivity contribution is 7.92. The predicted molar refractivity (Wildman–Crippen MR) is 110 cm³/mol. The minimum absolute atomic E-state index is 0.00869. The second kappa shape index (κ2) is 8.27. The van der Waals surface area contributed by atoms with Crippen LogP contribution in [-0.2, 0) is 10.0 Å². The molecule has 0 atom stereocenters. The third-order valence-corrected chi connectivity index (χ3v) is 5.64. The van der Waals surface area contributed by atoms with Gasteiger partial charge in [0.2, 0.25) is 5.82 Å². The number of ether oxygens (including phenoxy) is 1. The molecule has 0 spiro atoms. The second-order valence-corrected chi connectivity index (χ2v) is 7.98. The lowest BCUT2D eigenvalue weighted by Gasteiger charge is -2.11. The zero-order valence-electron chi connectivity index (χ0n) is 16.1. The van der Waals surface area contributed by atoms with Crippen molar-refractivity contribution < 1.29 is 17.9 Å². The van der Waals surface area contributed by atoms with Crippen molar-refractivity contribution >= 4 is 27.4 Å². The first kappa shape index (κ1) is 20.3. The molecule has 3 aromatic rings. The molecule has 1 heterocycles. The summed E-state index contributed by atoms with van der Waals surface area (Å²) >= 11 is 0. The van der Waals surface area contributed by atoms with Crippen LogP contribution in [0.15, 0.2) is 59.8 Å². The summed E-state index contributed by atoms with van der Waals surface area (Å²) in [6.07, 6.45) is 2.75. The van der Waals surface area contributed by atoms with Gasteiger partial charge in [0, 0.05) is 23.6 Å². The van der Waals surface area contributed by atoms with E-state index in [1.165, 1.54) is 43.8 Å². The minimum Gasteiger partial charge on any atom is -0.478 e. The fourth-order valence-electron chi connectivity index (χ4n) is 2.53. The molecule has 29 heavy (non-hydrogen) atoms. The van der Waals surface area contributed by atoms with E-state index in [-0.39, 0.29) is 22.5 Å². The van der Waals surface area contributed by atoms with E-state index in [0.717, 1.165) is 11.1 Å². The van der Waals surface area contributed by atoms with Gasteiger partial charge in [0.15, 0.2) is 0 Å². The quantitative estimate of drug-likeness (QED) is 0.643. The van der Waals surface area contributed by atoms with Gasteiger partial charge in [0.25, 0.3) is 21.8 Å². The Bertz CT molecular complexity index is 1150. The normalized spacial score (nSPS) is 11.0. The van der Waals surface area contributed by atoms with Gasteiger partial charge in [0.1, 0.15) is 0 Å². The summed E-state index contributed by atoms with van der Waals surface area (Å²) < 4.78 is 32.5. The number of aromatic nitrogens is 2. The Morgan fingerprint density at radius 2 is 1.66 bits per heavy atom. The highest BCUT2D eigenvalue weighted by atomic mass is 32.2. The zero-order chi connectivity index (χ0) is 21.0. The maximum atomic E-state index is 12.6. The number of nitrogens with zero attached hydrogens (tertiary/aromatic N) is 2. The number of aryl methyl sites for hydroxylation is 2. The summed E-state index contributed by atoms with van der Waals surface area (Å²) in [4.78, 5) is 20.2. The Morgan fingerprint density at radius 1 is 0.966 bits per heavy atom. The third-order valence-electron chi connectivity index (χ3n) is 4.28. The largest absolute Gasteiger partial charge is 0.478 e. The Morgan fingerprint density at radius 3 is 2.31 bits per heavy atom. The molecule has 0 saturated heterocycles. The maximum absolute atomic E-state index is 12.6. The monoisotopic (exact) mass is 412 g/mol. The fourth-order valence-corrected chi connectivity index (χ4v) is 3.54. The molecular weight excluding hydrogens is 392 g/mol. The van der Waals surface area contributed by atoms with E-state index in [1.807, 2.05) is 26.0 Å². The van der Waals surface area contributed by atoms with E-state index < -0.39 is 10.0 Å². The number of carbonyl (C=O) groups excluding carboxylic acids is 1. The Kier molecular flexibility index (Phi) is 5.79. The van der Waals surface area contributed by atoms with E-state index in [2.05, 4.69) is 20.0 Å². The van der Waals surface area contributed by atoms with E-state index in [1.54, 1.807) is 6.07 Å². The molecule has 0 unspecified atom stereocenters. The van der Waals surface area contributed by atoms with Crippen molar-refractivity contribution in [2.75, 3.05) is 17.1 Å². The smallest absolute Gasteiger partial charge is 0.263 e. The van der Waals surface area contributed by atoms with Crippen LogP contribution in [0.25, 0.3) is 0 Å². The Labute approximate surface area is 169 Å². The van der Waals surface area contributed by atoms with Crippen molar-refractivity contribution in [1.29, 1.82) is 0 Å². The molecule has 150 valence electrons. The van der Waals surface area contributed by atoms with Gasteiger partial charge in [-0.05, 0) is 61.4 Å². The summed E-state index contributed by atoms with van der Waals surface area (Å²) in [5, 5.41) is 2.75. The molecule has 8 nitrogen and oxygen atoms in total. The molecule has 0 aliphatic heterocycles. The van der Waals surface area contributed by atoms with Crippen LogP contribution in [0.4, 0.5) is 11.5 Å². The van der Waals surface area contributed by atoms with Crippen LogP contribution in [0.1, 0.15) is 21.5 Å². The molecule has 2 N–H and O–H groups in total. The number of methoxy groups -OCH3 is 1. The van der Waals surface area contributed by atoms with E-state index in [0.29, 0.717) is 11.3 Å². The maximum Gasteiger partial charge on any atom is 0.263 e. The van der Waals surface area contributed by atoms with Gasteiger partial charge in [-0.3, -0.25) is 9.52 Å². The average molecular weight is 412 g/mol. The molecule has 0 aliphatic carbocycles. The highest BCUT2D eigenvalue weighted by Crippen LogP contribution is 2.22. The molecule has 9 heteroatoms. The van der Waals surface area contributed by atoms with Crippen molar-refractivity contribution in [3.63, 3.8) is 0 Å². The molecule has 0 radical (unpaired) electrons. The first-order chi connectivity index (χ1) is 13.8. The van der Waals surface area contributed by atoms with Crippen molar-refractivity contribution in [1.82, 2.24) is 9.97 Å². The number of nitrogens with one attached hydrogen (secondary N) is 2. The van der Waals surface area contributed by atoms with Crippen LogP contribution >= 0.6 is 0 Å². The van der Waals surface area contributed by atoms with Crippen LogP contribution in [0, 0.1) is 13.8 Å². The van der Waals surface area contributed by atoms with Crippen LogP contribution < -0.4 is 14.8 Å². The van der Waals surface area contributed by atoms with Crippen molar-refractivity contribution in [3.8, 4) is 5.88 Å². The number of hydrogen-bond acceptors (Lipinski definition) is 6. The number of rotatable bonds is 6. The van der Waals surface area contributed by atoms with Crippen molar-refractivity contribution in [2.24, 2.45) is 0 Å². The molecule has 0 saturated carbocycles. The molecule has 0 bridgehead atoms. The van der Waals surface area contributed by atoms with Gasteiger partial charge in [-0.2, -0.15) is 0 Å². The number of amides is 1. The van der Waals surface area contributed by atoms with E-state index >= 15 is 0 Å². The second-order valence-electron chi connectivity index (χ2n) is 6.30. The first-order valence-corrected chi connectivity index (χ1v) is 10.1. The van der Waals surface area contributed by atoms with Crippen LogP contribution in [0.2, 0.25) is 0 Å². The Hall–Kier alpha value is -3.46. The zero-order valence-corrected chi connectivity index (χ0v) is 16.9. The SMILES string of the molecule is COc1nccnc1NS(=O)(=O)c1ccc(NC(=O)c2ccc(C)c(C)c2)cc1. The van der Waals surface area contributed by atoms with Gasteiger partial charge in [0.05, 0.1) is 12.0 Å². The fraction of sp³-hybridized carbons (Fsp3) is 0.150. The lowest BCUT2D eigenvalue weighted by atomic mass is 10.1. The number of carbonyl (C=O) groups is 1. The molecule has 1 amide bonds. The van der Waals surface area contributed by atoms with Crippen LogP contribution in [-0.4, -0.2) is 31.4 Å². The standard InChI is InChI=1S/C20H20N4O4S/c1-13-4-5-15(12-14(13)2)19(25)23-16-6-8-17(9-7-16)29(26,27)24-18-20(28-3)22-11-10-21-18/h4-12H,1-3H3,(H,21,24)(H,23,25). The molecule has 3 rings (SSSR count). The van der Waals surface area contributed by atoms with Crippen LogP contribution in [0.3, 0.4) is 0 Å². The van der Waals surface area contributed by atoms with Crippen molar-refractivity contribution in [3.05, 3.63) is 71.5 Å². The van der Waals surface area contributed by atoms with Gasteiger partial charge in [-0.1, -0.05) is 6.07 Å². The lowest BCUT2D eigenvalue weighted by molar-refractivity contribution is 0.102. The summed E-state index contributed by atoms with van der Waals surface area (Å²) in [6, 6.07) is 11.2. The summed E-state index contributed by atoms with van der Waals surface area (Å²) in [5.74, 6) is -0.221. The topological polar surface area (TPSA) is 110 Å². The minimum atomic E-state index is -3.90. The summed E-state index contributed by atoms with van der Waals surface area (Å²) in [5.41, 5.74) is 3.12. The van der Waals surface area contributed by atoms with Gasteiger partial charge < -0.3 is 10.1 Å². The molecule has 0 aliphatic rings. The highest BCUT2D eigenvalue weighted by Gasteiger charge is 2.18. The average Bonchev–Trinajstić information content (AvgIpc) is 2.70. The summed E-state index contributed by atoms with van der Waals surface area (Å²) in [6.45, 7) is 3.91. The Balaban J connectivity index is 1.75. The van der Waals surface area contributed by atoms with Crippen LogP contribution in [0.5, 0.6) is 5.88 Å². The molecular formula is C20H20N4O4S. The third kappa shape index (κ3) is 4.69. The van der Waals surface area contributed by atoms with E-state index in [9.17, 15) is 13.2 Å². The lowest BCUT2D eigenvalue weighted by Crippen LogP contribution is -2.15. The number of benzene rings is 2. The van der Waals surface area contributed by atoms with Gasteiger partial charge >= 0.3 is 0 Å². The molecule has 1 aromatic heterocycles. The molecule has 2 aromatic carbocycles. The molecule has 0 fully saturated rings. The number of hydrogen-bond donors (Lipinski definition) is 2. The van der Waals surface area contributed by atoms with Gasteiger partial charge in [-0.15, -0.1) is 0 Å². The number of sulfonamides is 1. The predicted octanol–water partition coefficient (Wildman–Crippen LogP) is 3.16. The van der Waals surface area contributed by atoms with Gasteiger partial charge in [-0.25, -0.2) is 18.4 Å². The summed E-state index contributed by atoms with van der Waals surface area (Å²) in [7, 11) is -2.53.